The van der Waals surface area contributed by atoms with Gasteiger partial charge in [0.1, 0.15) is 18.5 Å². The summed E-state index contributed by atoms with van der Waals surface area (Å²) in [6, 6.07) is 5.25. The van der Waals surface area contributed by atoms with Crippen molar-refractivity contribution < 1.29 is 14.9 Å². The molecule has 1 aromatic carbocycles. The van der Waals surface area contributed by atoms with Crippen LogP contribution in [-0.2, 0) is 0 Å². The standard InChI is InChI=1S/C15H21Cl2NO3/c16-11-4-5-13(17)15(6-11)21-9-12(20)7-18-14-3-1-2-10(14)8-19/h4-6,10,12,14,18-20H,1-3,7-9H2. The van der Waals surface area contributed by atoms with Crippen LogP contribution < -0.4 is 10.1 Å². The topological polar surface area (TPSA) is 61.7 Å². The van der Waals surface area contributed by atoms with Crippen molar-refractivity contribution in [2.75, 3.05) is 19.8 Å². The molecule has 4 nitrogen and oxygen atoms in total. The highest BCUT2D eigenvalue weighted by molar-refractivity contribution is 6.34. The third-order valence-electron chi connectivity index (χ3n) is 3.83. The summed E-state index contributed by atoms with van der Waals surface area (Å²) in [6.07, 6.45) is 2.56. The van der Waals surface area contributed by atoms with E-state index in [0.717, 1.165) is 19.3 Å². The molecule has 118 valence electrons. The Morgan fingerprint density at radius 3 is 2.90 bits per heavy atom. The number of hydrogen-bond acceptors (Lipinski definition) is 4. The van der Waals surface area contributed by atoms with Crippen LogP contribution in [0.25, 0.3) is 0 Å². The first-order chi connectivity index (χ1) is 10.1. The molecule has 3 unspecified atom stereocenters. The van der Waals surface area contributed by atoms with Gasteiger partial charge in [0, 0.05) is 30.3 Å². The van der Waals surface area contributed by atoms with Crippen LogP contribution in [0.15, 0.2) is 18.2 Å². The first-order valence-electron chi connectivity index (χ1n) is 7.20. The maximum absolute atomic E-state index is 9.96. The minimum atomic E-state index is -0.639. The summed E-state index contributed by atoms with van der Waals surface area (Å²) >= 11 is 11.9. The molecule has 1 saturated carbocycles. The summed E-state index contributed by atoms with van der Waals surface area (Å²) in [5.74, 6) is 0.762. The zero-order valence-corrected chi connectivity index (χ0v) is 13.3. The number of aliphatic hydroxyl groups excluding tert-OH is 2. The summed E-state index contributed by atoms with van der Waals surface area (Å²) < 4.78 is 5.49. The second-order valence-electron chi connectivity index (χ2n) is 5.43. The Morgan fingerprint density at radius 2 is 2.14 bits per heavy atom. The molecule has 0 spiro atoms. The molecule has 1 aliphatic rings. The SMILES string of the molecule is OCC1CCCC1NCC(O)COc1cc(Cl)ccc1Cl. The molecule has 3 N–H and O–H groups in total. The largest absolute Gasteiger partial charge is 0.489 e. The number of hydrogen-bond donors (Lipinski definition) is 3. The predicted octanol–water partition coefficient (Wildman–Crippen LogP) is 2.48. The lowest BCUT2D eigenvalue weighted by atomic mass is 10.1. The number of benzene rings is 1. The smallest absolute Gasteiger partial charge is 0.139 e. The second-order valence-corrected chi connectivity index (χ2v) is 6.27. The lowest BCUT2D eigenvalue weighted by Crippen LogP contribution is -2.40. The van der Waals surface area contributed by atoms with Crippen molar-refractivity contribution >= 4 is 23.2 Å². The lowest BCUT2D eigenvalue weighted by molar-refractivity contribution is 0.0992. The van der Waals surface area contributed by atoms with Crippen LogP contribution in [-0.4, -0.2) is 42.1 Å². The van der Waals surface area contributed by atoms with Gasteiger partial charge in [-0.05, 0) is 30.9 Å². The van der Waals surface area contributed by atoms with E-state index in [9.17, 15) is 10.2 Å². The molecule has 0 aromatic heterocycles. The third kappa shape index (κ3) is 5.01. The normalized spacial score (nSPS) is 23.2. The Bertz CT molecular complexity index is 459. The Balaban J connectivity index is 1.74. The predicted molar refractivity (Wildman–Crippen MR) is 84.2 cm³/mol. The first-order valence-corrected chi connectivity index (χ1v) is 7.96. The van der Waals surface area contributed by atoms with Gasteiger partial charge >= 0.3 is 0 Å². The molecule has 2 rings (SSSR count). The summed E-state index contributed by atoms with van der Waals surface area (Å²) in [7, 11) is 0. The Hall–Kier alpha value is -0.520. The lowest BCUT2D eigenvalue weighted by Gasteiger charge is -2.21. The van der Waals surface area contributed by atoms with Crippen molar-refractivity contribution in [2.45, 2.75) is 31.4 Å². The molecular weight excluding hydrogens is 313 g/mol. The summed E-state index contributed by atoms with van der Waals surface area (Å²) in [5.41, 5.74) is 0. The van der Waals surface area contributed by atoms with Gasteiger partial charge in [-0.1, -0.05) is 29.6 Å². The molecule has 0 aliphatic heterocycles. The highest BCUT2D eigenvalue weighted by Crippen LogP contribution is 2.28. The summed E-state index contributed by atoms with van der Waals surface area (Å²) in [4.78, 5) is 0. The van der Waals surface area contributed by atoms with Gasteiger partial charge in [0.25, 0.3) is 0 Å². The van der Waals surface area contributed by atoms with Crippen LogP contribution >= 0.6 is 23.2 Å². The van der Waals surface area contributed by atoms with E-state index < -0.39 is 6.10 Å². The molecule has 1 aromatic rings. The van der Waals surface area contributed by atoms with E-state index in [4.69, 9.17) is 27.9 Å². The maximum atomic E-state index is 9.96. The van der Waals surface area contributed by atoms with E-state index in [2.05, 4.69) is 5.32 Å². The van der Waals surface area contributed by atoms with Crippen LogP contribution in [0.3, 0.4) is 0 Å². The molecule has 0 saturated heterocycles. The Kier molecular flexibility index (Phi) is 6.58. The molecule has 0 amide bonds. The van der Waals surface area contributed by atoms with Crippen LogP contribution in [0.1, 0.15) is 19.3 Å². The average molecular weight is 334 g/mol. The number of nitrogens with one attached hydrogen (secondary N) is 1. The average Bonchev–Trinajstić information content (AvgIpc) is 2.93. The zero-order chi connectivity index (χ0) is 15.2. The van der Waals surface area contributed by atoms with Crippen LogP contribution in [0.4, 0.5) is 0 Å². The molecule has 21 heavy (non-hydrogen) atoms. The third-order valence-corrected chi connectivity index (χ3v) is 4.38. The van der Waals surface area contributed by atoms with E-state index in [-0.39, 0.29) is 19.3 Å². The summed E-state index contributed by atoms with van der Waals surface area (Å²) in [6.45, 7) is 0.769. The number of halogens is 2. The van der Waals surface area contributed by atoms with E-state index >= 15 is 0 Å². The first kappa shape index (κ1) is 16.8. The molecular formula is C15H21Cl2NO3. The second kappa shape index (κ2) is 8.20. The van der Waals surface area contributed by atoms with E-state index in [0.29, 0.717) is 28.3 Å². The number of aliphatic hydroxyl groups is 2. The minimum absolute atomic E-state index is 0.142. The number of ether oxygens (including phenoxy) is 1. The van der Waals surface area contributed by atoms with Gasteiger partial charge in [0.15, 0.2) is 0 Å². The molecule has 0 radical (unpaired) electrons. The van der Waals surface area contributed by atoms with Gasteiger partial charge in [-0.2, -0.15) is 0 Å². The Labute approximate surface area is 135 Å². The highest BCUT2D eigenvalue weighted by atomic mass is 35.5. The van der Waals surface area contributed by atoms with Crippen molar-refractivity contribution in [1.82, 2.24) is 5.32 Å². The van der Waals surface area contributed by atoms with Gasteiger partial charge in [0.2, 0.25) is 0 Å². The van der Waals surface area contributed by atoms with Crippen molar-refractivity contribution in [1.29, 1.82) is 0 Å². The zero-order valence-electron chi connectivity index (χ0n) is 11.8. The summed E-state index contributed by atoms with van der Waals surface area (Å²) in [5, 5.41) is 23.5. The maximum Gasteiger partial charge on any atom is 0.139 e. The van der Waals surface area contributed by atoms with Gasteiger partial charge in [-0.15, -0.1) is 0 Å². The van der Waals surface area contributed by atoms with Crippen molar-refractivity contribution in [3.63, 3.8) is 0 Å². The fourth-order valence-corrected chi connectivity index (χ4v) is 2.98. The minimum Gasteiger partial charge on any atom is -0.489 e. The van der Waals surface area contributed by atoms with Gasteiger partial charge in [-0.3, -0.25) is 0 Å². The van der Waals surface area contributed by atoms with Crippen molar-refractivity contribution in [3.05, 3.63) is 28.2 Å². The molecule has 0 heterocycles. The van der Waals surface area contributed by atoms with Crippen LogP contribution in [0.5, 0.6) is 5.75 Å². The van der Waals surface area contributed by atoms with Gasteiger partial charge in [-0.25, -0.2) is 0 Å². The molecule has 1 fully saturated rings. The van der Waals surface area contributed by atoms with E-state index in [1.165, 1.54) is 0 Å². The highest BCUT2D eigenvalue weighted by Gasteiger charge is 2.26. The van der Waals surface area contributed by atoms with E-state index in [1.54, 1.807) is 18.2 Å². The Morgan fingerprint density at radius 1 is 1.33 bits per heavy atom. The van der Waals surface area contributed by atoms with Crippen LogP contribution in [0, 0.1) is 5.92 Å². The molecule has 1 aliphatic carbocycles. The fraction of sp³-hybridized carbons (Fsp3) is 0.600. The van der Waals surface area contributed by atoms with E-state index in [1.807, 2.05) is 0 Å². The van der Waals surface area contributed by atoms with Crippen molar-refractivity contribution in [3.8, 4) is 5.75 Å². The monoisotopic (exact) mass is 333 g/mol. The molecule has 0 bridgehead atoms. The quantitative estimate of drug-likeness (QED) is 0.717. The van der Waals surface area contributed by atoms with Gasteiger partial charge < -0.3 is 20.3 Å². The van der Waals surface area contributed by atoms with Crippen molar-refractivity contribution in [2.24, 2.45) is 5.92 Å². The molecule has 6 heteroatoms. The fourth-order valence-electron chi connectivity index (χ4n) is 2.64. The van der Waals surface area contributed by atoms with Gasteiger partial charge in [0.05, 0.1) is 5.02 Å². The molecule has 3 atom stereocenters. The number of rotatable bonds is 7. The van der Waals surface area contributed by atoms with Crippen LogP contribution in [0.2, 0.25) is 10.0 Å².